The summed E-state index contributed by atoms with van der Waals surface area (Å²) in [7, 11) is 0. The smallest absolute Gasteiger partial charge is 0.249 e. The first-order chi connectivity index (χ1) is 12.3. The topological polar surface area (TPSA) is 75.4 Å². The summed E-state index contributed by atoms with van der Waals surface area (Å²) in [5.41, 5.74) is 2.24. The fourth-order valence-corrected chi connectivity index (χ4v) is 2.92. The Kier molecular flexibility index (Phi) is 4.68. The number of hydrogen-bond donors (Lipinski definition) is 1. The summed E-state index contributed by atoms with van der Waals surface area (Å²) in [6.45, 7) is 9.77. The van der Waals surface area contributed by atoms with Gasteiger partial charge in [-0.15, -0.1) is 0 Å². The molecule has 1 aromatic carbocycles. The second-order valence-corrected chi connectivity index (χ2v) is 7.43. The van der Waals surface area contributed by atoms with Crippen LogP contribution in [-0.2, 0) is 15.0 Å². The Morgan fingerprint density at radius 2 is 2.04 bits per heavy atom. The highest BCUT2D eigenvalue weighted by Crippen LogP contribution is 2.29. The number of nitrogens with zero attached hydrogens (tertiary/aromatic N) is 2. The molecule has 1 atom stereocenters. The van der Waals surface area contributed by atoms with Gasteiger partial charge < -0.3 is 4.52 Å². The number of nitrogens with one attached hydrogen (secondary N) is 1. The number of amides is 2. The summed E-state index contributed by atoms with van der Waals surface area (Å²) < 4.78 is 5.22. The van der Waals surface area contributed by atoms with Crippen molar-refractivity contribution in [2.24, 2.45) is 0 Å². The van der Waals surface area contributed by atoms with Crippen molar-refractivity contribution in [1.29, 1.82) is 0 Å². The van der Waals surface area contributed by atoms with Gasteiger partial charge in [-0.25, -0.2) is 0 Å². The first-order valence-corrected chi connectivity index (χ1v) is 8.62. The van der Waals surface area contributed by atoms with Crippen molar-refractivity contribution in [1.82, 2.24) is 5.16 Å². The van der Waals surface area contributed by atoms with Gasteiger partial charge in [-0.2, -0.15) is 0 Å². The number of hydrogen-bond acceptors (Lipinski definition) is 4. The largest absolute Gasteiger partial charge is 0.338 e. The van der Waals surface area contributed by atoms with Gasteiger partial charge >= 0.3 is 0 Å². The van der Waals surface area contributed by atoms with Crippen molar-refractivity contribution in [2.75, 3.05) is 10.2 Å². The van der Waals surface area contributed by atoms with E-state index < -0.39 is 6.04 Å². The summed E-state index contributed by atoms with van der Waals surface area (Å²) in [5, 5.41) is 6.74. The second-order valence-electron chi connectivity index (χ2n) is 7.43. The fraction of sp³-hybridized carbons (Fsp3) is 0.350. The molecule has 0 unspecified atom stereocenters. The SMILES string of the molecule is C=Cc1ccc(N2C(=O)CC[C@H]2C(=O)Nc2cc(C(C)(C)C)no2)cc1. The summed E-state index contributed by atoms with van der Waals surface area (Å²) in [6.07, 6.45) is 2.54. The van der Waals surface area contributed by atoms with E-state index in [1.165, 1.54) is 0 Å². The molecular weight excluding hydrogens is 330 g/mol. The molecule has 1 fully saturated rings. The molecule has 1 aliphatic heterocycles. The lowest BCUT2D eigenvalue weighted by molar-refractivity contribution is -0.120. The van der Waals surface area contributed by atoms with Gasteiger partial charge in [0.15, 0.2) is 0 Å². The molecule has 0 radical (unpaired) electrons. The number of rotatable bonds is 4. The van der Waals surface area contributed by atoms with Crippen LogP contribution in [0.1, 0.15) is 44.9 Å². The predicted molar refractivity (Wildman–Crippen MR) is 101 cm³/mol. The standard InChI is InChI=1S/C20H23N3O3/c1-5-13-6-8-14(9-7-13)23-15(10-11-18(23)24)19(25)21-17-12-16(22-26-17)20(2,3)4/h5-9,12,15H,1,10-11H2,2-4H3,(H,21,25)/t15-/m0/s1. The van der Waals surface area contributed by atoms with Gasteiger partial charge in [0.25, 0.3) is 0 Å². The molecule has 1 aromatic heterocycles. The molecule has 1 N–H and O–H groups in total. The monoisotopic (exact) mass is 353 g/mol. The first kappa shape index (κ1) is 17.9. The van der Waals surface area contributed by atoms with E-state index in [9.17, 15) is 9.59 Å². The van der Waals surface area contributed by atoms with Gasteiger partial charge in [-0.1, -0.05) is 50.7 Å². The van der Waals surface area contributed by atoms with Crippen LogP contribution in [0.15, 0.2) is 41.4 Å². The summed E-state index contributed by atoms with van der Waals surface area (Å²) in [6, 6.07) is 8.54. The third-order valence-electron chi connectivity index (χ3n) is 4.45. The molecular formula is C20H23N3O3. The van der Waals surface area contributed by atoms with E-state index in [0.717, 1.165) is 11.3 Å². The molecule has 136 valence electrons. The molecule has 2 aromatic rings. The van der Waals surface area contributed by atoms with Crippen LogP contribution in [0.2, 0.25) is 0 Å². The number of anilines is 2. The Labute approximate surface area is 152 Å². The van der Waals surface area contributed by atoms with Crippen LogP contribution < -0.4 is 10.2 Å². The lowest BCUT2D eigenvalue weighted by Gasteiger charge is -2.23. The molecule has 0 saturated carbocycles. The minimum absolute atomic E-state index is 0.0653. The van der Waals surface area contributed by atoms with Crippen molar-refractivity contribution >= 4 is 29.5 Å². The molecule has 26 heavy (non-hydrogen) atoms. The zero-order valence-electron chi connectivity index (χ0n) is 15.3. The van der Waals surface area contributed by atoms with Gasteiger partial charge in [0.1, 0.15) is 6.04 Å². The van der Waals surface area contributed by atoms with Gasteiger partial charge in [0, 0.05) is 23.6 Å². The Morgan fingerprint density at radius 3 is 2.62 bits per heavy atom. The molecule has 0 spiro atoms. The number of aromatic nitrogens is 1. The van der Waals surface area contributed by atoms with Gasteiger partial charge in [-0.05, 0) is 24.1 Å². The van der Waals surface area contributed by atoms with Gasteiger partial charge in [0.05, 0.1) is 5.69 Å². The van der Waals surface area contributed by atoms with Crippen molar-refractivity contribution < 1.29 is 14.1 Å². The van der Waals surface area contributed by atoms with E-state index >= 15 is 0 Å². The molecule has 2 heterocycles. The molecule has 0 bridgehead atoms. The predicted octanol–water partition coefficient (Wildman–Crippen LogP) is 3.75. The van der Waals surface area contributed by atoms with E-state index in [2.05, 4.69) is 17.1 Å². The van der Waals surface area contributed by atoms with Crippen LogP contribution in [0.5, 0.6) is 0 Å². The number of benzene rings is 1. The molecule has 1 saturated heterocycles. The first-order valence-electron chi connectivity index (χ1n) is 8.62. The van der Waals surface area contributed by atoms with E-state index in [-0.39, 0.29) is 17.2 Å². The molecule has 3 rings (SSSR count). The van der Waals surface area contributed by atoms with Crippen molar-refractivity contribution in [3.05, 3.63) is 48.2 Å². The zero-order valence-corrected chi connectivity index (χ0v) is 15.3. The Bertz CT molecular complexity index is 831. The van der Waals surface area contributed by atoms with Crippen LogP contribution in [0.4, 0.5) is 11.6 Å². The maximum Gasteiger partial charge on any atom is 0.249 e. The lowest BCUT2D eigenvalue weighted by Crippen LogP contribution is -2.41. The average Bonchev–Trinajstić information content (AvgIpc) is 3.21. The normalized spacial score (nSPS) is 17.4. The van der Waals surface area contributed by atoms with Crippen LogP contribution in [0.3, 0.4) is 0 Å². The molecule has 0 aliphatic carbocycles. The molecule has 2 amide bonds. The number of carbonyl (C=O) groups excluding carboxylic acids is 2. The van der Waals surface area contributed by atoms with Crippen LogP contribution in [0, 0.1) is 0 Å². The number of carbonyl (C=O) groups is 2. The van der Waals surface area contributed by atoms with Crippen LogP contribution >= 0.6 is 0 Å². The highest BCUT2D eigenvalue weighted by Gasteiger charge is 2.37. The van der Waals surface area contributed by atoms with E-state index in [0.29, 0.717) is 24.4 Å². The van der Waals surface area contributed by atoms with E-state index in [1.807, 2.05) is 45.0 Å². The quantitative estimate of drug-likeness (QED) is 0.908. The third kappa shape index (κ3) is 3.54. The Balaban J connectivity index is 1.77. The fourth-order valence-electron chi connectivity index (χ4n) is 2.92. The molecule has 6 heteroatoms. The lowest BCUT2D eigenvalue weighted by atomic mass is 9.92. The molecule has 6 nitrogen and oxygen atoms in total. The minimum atomic E-state index is -0.569. The van der Waals surface area contributed by atoms with Gasteiger partial charge in [0.2, 0.25) is 17.7 Å². The van der Waals surface area contributed by atoms with Crippen LogP contribution in [0.25, 0.3) is 6.08 Å². The van der Waals surface area contributed by atoms with Crippen molar-refractivity contribution in [3.63, 3.8) is 0 Å². The molecule has 1 aliphatic rings. The van der Waals surface area contributed by atoms with E-state index in [4.69, 9.17) is 4.52 Å². The van der Waals surface area contributed by atoms with Crippen molar-refractivity contribution in [3.8, 4) is 0 Å². The highest BCUT2D eigenvalue weighted by molar-refractivity contribution is 6.07. The highest BCUT2D eigenvalue weighted by atomic mass is 16.5. The summed E-state index contributed by atoms with van der Waals surface area (Å²) in [4.78, 5) is 26.6. The Hall–Kier alpha value is -2.89. The average molecular weight is 353 g/mol. The zero-order chi connectivity index (χ0) is 18.9. The maximum atomic E-state index is 12.7. The summed E-state index contributed by atoms with van der Waals surface area (Å²) in [5.74, 6) is -0.0501. The second kappa shape index (κ2) is 6.78. The van der Waals surface area contributed by atoms with Crippen LogP contribution in [-0.4, -0.2) is 23.0 Å². The van der Waals surface area contributed by atoms with E-state index in [1.54, 1.807) is 17.0 Å². The maximum absolute atomic E-state index is 12.7. The third-order valence-corrected chi connectivity index (χ3v) is 4.45. The summed E-state index contributed by atoms with van der Waals surface area (Å²) >= 11 is 0. The minimum Gasteiger partial charge on any atom is -0.338 e. The Morgan fingerprint density at radius 1 is 1.35 bits per heavy atom. The van der Waals surface area contributed by atoms with Crippen molar-refractivity contribution in [2.45, 2.75) is 45.1 Å². The van der Waals surface area contributed by atoms with Gasteiger partial charge in [-0.3, -0.25) is 19.8 Å².